The molecule has 41 heavy (non-hydrogen) atoms. The van der Waals surface area contributed by atoms with E-state index in [4.69, 9.17) is 5.73 Å². The van der Waals surface area contributed by atoms with Crippen molar-refractivity contribution in [1.29, 1.82) is 0 Å². The normalized spacial score (nSPS) is 13.8. The maximum Gasteiger partial charge on any atom is 0.327 e. The third-order valence-electron chi connectivity index (χ3n) is 6.15. The number of carboxylic acids is 1. The minimum atomic E-state index is -1.30. The summed E-state index contributed by atoms with van der Waals surface area (Å²) in [6, 6.07) is 7.38. The molecule has 3 rings (SSSR count). The molecule has 0 saturated carbocycles. The van der Waals surface area contributed by atoms with Gasteiger partial charge >= 0.3 is 5.97 Å². The predicted octanol–water partition coefficient (Wildman–Crippen LogP) is -0.355. The molecule has 0 aliphatic carbocycles. The highest BCUT2D eigenvalue weighted by Gasteiger charge is 2.30. The van der Waals surface area contributed by atoms with Crippen LogP contribution < -0.4 is 21.7 Å². The number of aliphatic carboxylic acids is 1. The number of aromatic amines is 1. The molecule has 9 N–H and O–H groups in total. The van der Waals surface area contributed by atoms with Crippen LogP contribution in [0.1, 0.15) is 16.8 Å². The van der Waals surface area contributed by atoms with Gasteiger partial charge < -0.3 is 42.0 Å². The highest BCUT2D eigenvalue weighted by Crippen LogP contribution is 2.13. The van der Waals surface area contributed by atoms with Crippen LogP contribution >= 0.6 is 12.6 Å². The number of nitrogens with zero attached hydrogens (tertiary/aromatic N) is 1. The molecule has 14 heteroatoms. The SMILES string of the molecule is NC(Cc1ccc(O)cc1)C(=O)NC(Cc1cnc[nH]1)C(=O)NC(Cc1ccc(O)cc1)C(=O)NC(CS)C(=O)O. The molecule has 0 fully saturated rings. The Kier molecular flexibility index (Phi) is 11.1. The second kappa shape index (κ2) is 14.7. The van der Waals surface area contributed by atoms with E-state index in [0.717, 1.165) is 0 Å². The van der Waals surface area contributed by atoms with Crippen molar-refractivity contribution < 1.29 is 34.5 Å². The molecule has 1 heterocycles. The maximum atomic E-state index is 13.5. The Morgan fingerprint density at radius 2 is 1.27 bits per heavy atom. The van der Waals surface area contributed by atoms with Gasteiger partial charge in [-0.25, -0.2) is 9.78 Å². The summed E-state index contributed by atoms with van der Waals surface area (Å²) in [4.78, 5) is 57.8. The van der Waals surface area contributed by atoms with Gasteiger partial charge in [0.05, 0.1) is 12.4 Å². The number of aromatic hydroxyl groups is 2. The molecule has 3 amide bonds. The van der Waals surface area contributed by atoms with Crippen molar-refractivity contribution in [3.05, 3.63) is 77.9 Å². The highest BCUT2D eigenvalue weighted by molar-refractivity contribution is 7.80. The predicted molar refractivity (Wildman–Crippen MR) is 151 cm³/mol. The number of phenols is 2. The van der Waals surface area contributed by atoms with Crippen molar-refractivity contribution in [2.75, 3.05) is 5.75 Å². The van der Waals surface area contributed by atoms with Crippen molar-refractivity contribution in [1.82, 2.24) is 25.9 Å². The van der Waals surface area contributed by atoms with E-state index in [0.29, 0.717) is 16.8 Å². The summed E-state index contributed by atoms with van der Waals surface area (Å²) < 4.78 is 0. The molecule has 0 aliphatic heterocycles. The minimum Gasteiger partial charge on any atom is -0.508 e. The molecule has 4 unspecified atom stereocenters. The second-order valence-electron chi connectivity index (χ2n) is 9.33. The van der Waals surface area contributed by atoms with E-state index in [1.807, 2.05) is 0 Å². The van der Waals surface area contributed by atoms with Gasteiger partial charge in [0.25, 0.3) is 0 Å². The number of rotatable bonds is 14. The molecule has 2 aromatic carbocycles. The van der Waals surface area contributed by atoms with Gasteiger partial charge in [-0.15, -0.1) is 0 Å². The van der Waals surface area contributed by atoms with Crippen LogP contribution in [-0.2, 0) is 38.4 Å². The number of nitrogens with one attached hydrogen (secondary N) is 4. The number of phenolic OH excluding ortho intramolecular Hbond substituents is 2. The zero-order chi connectivity index (χ0) is 29.9. The van der Waals surface area contributed by atoms with Crippen LogP contribution in [0.3, 0.4) is 0 Å². The van der Waals surface area contributed by atoms with E-state index < -0.39 is 47.9 Å². The summed E-state index contributed by atoms with van der Waals surface area (Å²) in [5.41, 5.74) is 7.90. The van der Waals surface area contributed by atoms with Gasteiger partial charge in [-0.05, 0) is 41.8 Å². The third kappa shape index (κ3) is 9.54. The van der Waals surface area contributed by atoms with Crippen LogP contribution in [-0.4, -0.2) is 78.9 Å². The van der Waals surface area contributed by atoms with Crippen molar-refractivity contribution in [2.45, 2.75) is 43.4 Å². The summed E-state index contributed by atoms with van der Waals surface area (Å²) in [6.45, 7) is 0. The number of amides is 3. The monoisotopic (exact) mass is 584 g/mol. The molecule has 0 spiro atoms. The first kappa shape index (κ1) is 31.0. The van der Waals surface area contributed by atoms with Crippen molar-refractivity contribution >= 4 is 36.3 Å². The number of H-pyrrole nitrogens is 1. The number of hydrogen-bond acceptors (Lipinski definition) is 9. The Labute approximate surface area is 241 Å². The zero-order valence-electron chi connectivity index (χ0n) is 21.9. The number of benzene rings is 2. The van der Waals surface area contributed by atoms with Crippen LogP contribution in [0.2, 0.25) is 0 Å². The van der Waals surface area contributed by atoms with Crippen LogP contribution in [0.15, 0.2) is 61.1 Å². The minimum absolute atomic E-state index is 0.00535. The molecule has 218 valence electrons. The van der Waals surface area contributed by atoms with E-state index >= 15 is 0 Å². The number of thiol groups is 1. The molecular formula is C27H32N6O7S. The Morgan fingerprint density at radius 3 is 1.76 bits per heavy atom. The van der Waals surface area contributed by atoms with Crippen molar-refractivity contribution in [3.63, 3.8) is 0 Å². The molecule has 3 aromatic rings. The molecular weight excluding hydrogens is 552 g/mol. The number of carboxylic acid groups (broad SMARTS) is 1. The van der Waals surface area contributed by atoms with Gasteiger partial charge in [-0.2, -0.15) is 12.6 Å². The Hall–Kier alpha value is -4.56. The summed E-state index contributed by atoms with van der Waals surface area (Å²) >= 11 is 3.97. The van der Waals surface area contributed by atoms with Crippen LogP contribution in [0.25, 0.3) is 0 Å². The van der Waals surface area contributed by atoms with Crippen LogP contribution in [0.4, 0.5) is 0 Å². The smallest absolute Gasteiger partial charge is 0.327 e. The molecule has 0 radical (unpaired) electrons. The van der Waals surface area contributed by atoms with Crippen molar-refractivity contribution in [3.8, 4) is 11.5 Å². The lowest BCUT2D eigenvalue weighted by atomic mass is 10.0. The van der Waals surface area contributed by atoms with Crippen molar-refractivity contribution in [2.24, 2.45) is 5.73 Å². The fourth-order valence-corrected chi connectivity index (χ4v) is 4.14. The average molecular weight is 585 g/mol. The Balaban J connectivity index is 1.79. The second-order valence-corrected chi connectivity index (χ2v) is 9.70. The van der Waals surface area contributed by atoms with Gasteiger partial charge in [-0.3, -0.25) is 14.4 Å². The van der Waals surface area contributed by atoms with Crippen LogP contribution in [0, 0.1) is 0 Å². The fraction of sp³-hybridized carbons (Fsp3) is 0.296. The third-order valence-corrected chi connectivity index (χ3v) is 6.51. The van der Waals surface area contributed by atoms with Crippen LogP contribution in [0.5, 0.6) is 11.5 Å². The number of imidazole rings is 1. The first-order valence-corrected chi connectivity index (χ1v) is 13.2. The molecule has 0 aliphatic rings. The largest absolute Gasteiger partial charge is 0.508 e. The number of nitrogens with two attached hydrogens (primary N) is 1. The zero-order valence-corrected chi connectivity index (χ0v) is 22.8. The van der Waals surface area contributed by atoms with Gasteiger partial charge in [0.1, 0.15) is 29.6 Å². The molecule has 1 aromatic heterocycles. The summed E-state index contributed by atoms with van der Waals surface area (Å²) in [6.07, 6.45) is 2.98. The number of aromatic nitrogens is 2. The molecule has 0 bridgehead atoms. The van der Waals surface area contributed by atoms with E-state index in [1.165, 1.54) is 36.8 Å². The lowest BCUT2D eigenvalue weighted by Gasteiger charge is -2.25. The highest BCUT2D eigenvalue weighted by atomic mass is 32.1. The molecule has 13 nitrogen and oxygen atoms in total. The quantitative estimate of drug-likeness (QED) is 0.113. The first-order valence-electron chi connectivity index (χ1n) is 12.6. The van der Waals surface area contributed by atoms with Gasteiger partial charge in [0.15, 0.2) is 0 Å². The molecule has 0 saturated heterocycles. The number of carbonyl (C=O) groups excluding carboxylic acids is 3. The van der Waals surface area contributed by atoms with E-state index in [1.54, 1.807) is 24.3 Å². The number of hydrogen-bond donors (Lipinski definition) is 9. The lowest BCUT2D eigenvalue weighted by molar-refractivity contribution is -0.141. The van der Waals surface area contributed by atoms with E-state index in [9.17, 15) is 34.5 Å². The van der Waals surface area contributed by atoms with E-state index in [-0.39, 0.29) is 36.5 Å². The van der Waals surface area contributed by atoms with Gasteiger partial charge in [0.2, 0.25) is 17.7 Å². The average Bonchev–Trinajstić information content (AvgIpc) is 3.46. The summed E-state index contributed by atoms with van der Waals surface area (Å²) in [5.74, 6) is -3.53. The van der Waals surface area contributed by atoms with E-state index in [2.05, 4.69) is 38.5 Å². The Morgan fingerprint density at radius 1 is 0.780 bits per heavy atom. The molecule has 4 atom stereocenters. The summed E-state index contributed by atoms with van der Waals surface area (Å²) in [7, 11) is 0. The summed E-state index contributed by atoms with van der Waals surface area (Å²) in [5, 5.41) is 36.0. The lowest BCUT2D eigenvalue weighted by Crippen LogP contribution is -2.58. The first-order chi connectivity index (χ1) is 19.5. The maximum absolute atomic E-state index is 13.5. The topological polar surface area (TPSA) is 220 Å². The number of carbonyl (C=O) groups is 4. The Bertz CT molecular complexity index is 1320. The standard InChI is InChI=1S/C27H32N6O7S/c28-20(9-15-1-5-18(34)6-2-15)24(36)31-22(11-17-12-29-14-30-17)26(38)32-21(10-16-3-7-19(35)8-4-16)25(37)33-23(13-41)27(39)40/h1-8,12,14,20-23,34-35,41H,9-11,13,28H2,(H,29,30)(H,31,36)(H,32,38)(H,33,37)(H,39,40). The van der Waals surface area contributed by atoms with Gasteiger partial charge in [0, 0.05) is 30.5 Å². The fourth-order valence-electron chi connectivity index (χ4n) is 3.89. The van der Waals surface area contributed by atoms with Gasteiger partial charge in [-0.1, -0.05) is 24.3 Å².